The molecular weight excluding hydrogens is 437 g/mol. The van der Waals surface area contributed by atoms with Crippen molar-refractivity contribution >= 4 is 5.71 Å². The number of aryl methyl sites for hydroxylation is 1. The van der Waals surface area contributed by atoms with E-state index in [0.29, 0.717) is 34.5 Å². The van der Waals surface area contributed by atoms with Gasteiger partial charge in [0.05, 0.1) is 11.3 Å². The van der Waals surface area contributed by atoms with Gasteiger partial charge in [-0.2, -0.15) is 13.2 Å². The van der Waals surface area contributed by atoms with Crippen molar-refractivity contribution in [3.63, 3.8) is 0 Å². The number of nitrogens with zero attached hydrogens (tertiary/aromatic N) is 2. The molecule has 3 nitrogen and oxygen atoms in total. The van der Waals surface area contributed by atoms with Gasteiger partial charge in [0.25, 0.3) is 0 Å². The molecule has 1 heterocycles. The van der Waals surface area contributed by atoms with Crippen molar-refractivity contribution in [1.29, 1.82) is 0 Å². The minimum Gasteiger partial charge on any atom is -0.391 e. The van der Waals surface area contributed by atoms with Crippen LogP contribution in [0.4, 0.5) is 13.2 Å². The van der Waals surface area contributed by atoms with Gasteiger partial charge < -0.3 is 4.84 Å². The Balaban J connectivity index is 1.53. The van der Waals surface area contributed by atoms with Gasteiger partial charge in [-0.15, -0.1) is 0 Å². The lowest BCUT2D eigenvalue weighted by Gasteiger charge is -2.31. The molecule has 1 saturated heterocycles. The van der Waals surface area contributed by atoms with Crippen molar-refractivity contribution < 1.29 is 24.9 Å². The summed E-state index contributed by atoms with van der Waals surface area (Å²) in [5.74, 6) is -0.0834. The summed E-state index contributed by atoms with van der Waals surface area (Å²) < 4.78 is 81.5. The van der Waals surface area contributed by atoms with Crippen molar-refractivity contribution in [2.45, 2.75) is 83.9 Å². The second-order valence-corrected chi connectivity index (χ2v) is 9.33. The number of alkyl halides is 3. The van der Waals surface area contributed by atoms with E-state index < -0.39 is 25.0 Å². The second kappa shape index (κ2) is 10.9. The normalized spacial score (nSPS) is 21.1. The van der Waals surface area contributed by atoms with E-state index in [4.69, 9.17) is 11.7 Å². The second-order valence-electron chi connectivity index (χ2n) is 9.33. The van der Waals surface area contributed by atoms with Crippen molar-refractivity contribution in [3.8, 4) is 0 Å². The van der Waals surface area contributed by atoms with Crippen LogP contribution in [0, 0.1) is 0 Å². The van der Waals surface area contributed by atoms with Gasteiger partial charge in [0, 0.05) is 13.4 Å². The number of oxime groups is 1. The van der Waals surface area contributed by atoms with Gasteiger partial charge in [-0.1, -0.05) is 55.5 Å². The molecule has 6 heteroatoms. The Morgan fingerprint density at radius 2 is 1.88 bits per heavy atom. The lowest BCUT2D eigenvalue weighted by Crippen LogP contribution is -2.36. The van der Waals surface area contributed by atoms with E-state index in [1.54, 1.807) is 31.2 Å². The zero-order chi connectivity index (χ0) is 28.4. The SMILES string of the molecule is [2H]C([2H])([2H])C([2H])([2H])c1cc(/C(C)=N/OCc2ccc(C3CCCCC3)c(C(F)(F)F)c2)ccc1CN1CCC1. The summed E-state index contributed by atoms with van der Waals surface area (Å²) in [5.41, 5.74) is 1.60. The number of hydrogen-bond acceptors (Lipinski definition) is 3. The van der Waals surface area contributed by atoms with E-state index in [9.17, 15) is 13.2 Å². The summed E-state index contributed by atoms with van der Waals surface area (Å²) in [6.45, 7) is 0.814. The molecule has 2 fully saturated rings. The molecule has 1 aliphatic heterocycles. The van der Waals surface area contributed by atoms with Crippen LogP contribution in [0.3, 0.4) is 0 Å². The molecule has 0 unspecified atom stereocenters. The molecule has 0 spiro atoms. The fraction of sp³-hybridized carbons (Fsp3) is 0.536. The zero-order valence-corrected chi connectivity index (χ0v) is 19.5. The fourth-order valence-corrected chi connectivity index (χ4v) is 4.80. The minimum atomic E-state index is -4.46. The highest BCUT2D eigenvalue weighted by Gasteiger charge is 2.35. The number of halogens is 3. The third-order valence-electron chi connectivity index (χ3n) is 6.91. The van der Waals surface area contributed by atoms with Crippen molar-refractivity contribution in [1.82, 2.24) is 4.90 Å². The lowest BCUT2D eigenvalue weighted by atomic mass is 9.81. The van der Waals surface area contributed by atoms with Crippen LogP contribution in [0.25, 0.3) is 0 Å². The number of rotatable bonds is 8. The van der Waals surface area contributed by atoms with Gasteiger partial charge in [-0.3, -0.25) is 4.90 Å². The Labute approximate surface area is 208 Å². The summed E-state index contributed by atoms with van der Waals surface area (Å²) in [6.07, 6.45) is -1.51. The predicted octanol–water partition coefficient (Wildman–Crippen LogP) is 7.46. The van der Waals surface area contributed by atoms with Crippen LogP contribution in [0.1, 0.15) is 98.5 Å². The van der Waals surface area contributed by atoms with Crippen LogP contribution in [-0.2, 0) is 30.5 Å². The fourth-order valence-electron chi connectivity index (χ4n) is 4.80. The summed E-state index contributed by atoms with van der Waals surface area (Å²) in [7, 11) is 0. The molecule has 34 heavy (non-hydrogen) atoms. The van der Waals surface area contributed by atoms with Gasteiger partial charge in [-0.25, -0.2) is 0 Å². The van der Waals surface area contributed by atoms with Crippen molar-refractivity contribution in [2.24, 2.45) is 5.16 Å². The van der Waals surface area contributed by atoms with Gasteiger partial charge >= 0.3 is 6.18 Å². The maximum absolute atomic E-state index is 13.9. The van der Waals surface area contributed by atoms with Crippen LogP contribution in [0.5, 0.6) is 0 Å². The molecule has 0 radical (unpaired) electrons. The van der Waals surface area contributed by atoms with E-state index >= 15 is 0 Å². The first-order valence-corrected chi connectivity index (χ1v) is 12.0. The molecular formula is C28H35F3N2O. The van der Waals surface area contributed by atoms with Crippen LogP contribution in [0.2, 0.25) is 0 Å². The van der Waals surface area contributed by atoms with Gasteiger partial charge in [0.1, 0.15) is 6.61 Å². The standard InChI is InChI=1S/C28H35F3N2O/c1-3-22-17-24(11-12-25(22)18-33-14-7-15-33)20(2)32-34-19-21-10-13-26(23-8-5-4-6-9-23)27(16-21)28(29,30)31/h10-13,16-17,23H,3-9,14-15,18-19H2,1-2H3/b32-20+/i1D3,3D2. The Bertz CT molecular complexity index is 1190. The summed E-state index contributed by atoms with van der Waals surface area (Å²) in [6, 6.07) is 9.29. The molecule has 0 N–H and O–H groups in total. The highest BCUT2D eigenvalue weighted by Crippen LogP contribution is 2.41. The average Bonchev–Trinajstić information content (AvgIpc) is 2.85. The largest absolute Gasteiger partial charge is 0.416 e. The number of hydrogen-bond donors (Lipinski definition) is 0. The Hall–Kier alpha value is -2.34. The molecule has 4 rings (SSSR count). The lowest BCUT2D eigenvalue weighted by molar-refractivity contribution is -0.138. The minimum absolute atomic E-state index is 0.0783. The van der Waals surface area contributed by atoms with Gasteiger partial charge in [0.2, 0.25) is 0 Å². The van der Waals surface area contributed by atoms with Gasteiger partial charge in [0.15, 0.2) is 0 Å². The molecule has 1 aliphatic carbocycles. The first-order valence-electron chi connectivity index (χ1n) is 14.5. The highest BCUT2D eigenvalue weighted by molar-refractivity contribution is 5.98. The Kier molecular flexibility index (Phi) is 6.09. The topological polar surface area (TPSA) is 24.8 Å². The van der Waals surface area contributed by atoms with Gasteiger partial charge in [-0.05, 0) is 91.5 Å². The van der Waals surface area contributed by atoms with Crippen molar-refractivity contribution in [2.75, 3.05) is 13.1 Å². The molecule has 0 bridgehead atoms. The van der Waals surface area contributed by atoms with Crippen LogP contribution < -0.4 is 0 Å². The van der Waals surface area contributed by atoms with E-state index in [1.807, 2.05) is 0 Å². The number of benzene rings is 2. The number of likely N-dealkylation sites (tertiary alicyclic amines) is 1. The van der Waals surface area contributed by atoms with E-state index in [0.717, 1.165) is 57.7 Å². The maximum Gasteiger partial charge on any atom is 0.416 e. The first-order chi connectivity index (χ1) is 18.3. The van der Waals surface area contributed by atoms with Crippen LogP contribution in [-0.4, -0.2) is 23.7 Å². The van der Waals surface area contributed by atoms with E-state index in [-0.39, 0.29) is 18.1 Å². The summed E-state index contributed by atoms with van der Waals surface area (Å²) in [5, 5.41) is 4.06. The summed E-state index contributed by atoms with van der Waals surface area (Å²) >= 11 is 0. The Morgan fingerprint density at radius 3 is 2.56 bits per heavy atom. The molecule has 0 aromatic heterocycles. The molecule has 1 saturated carbocycles. The third-order valence-corrected chi connectivity index (χ3v) is 6.91. The molecule has 2 aromatic carbocycles. The molecule has 0 amide bonds. The Morgan fingerprint density at radius 1 is 1.09 bits per heavy atom. The highest BCUT2D eigenvalue weighted by atomic mass is 19.4. The molecule has 2 aliphatic rings. The smallest absolute Gasteiger partial charge is 0.391 e. The summed E-state index contributed by atoms with van der Waals surface area (Å²) in [4.78, 5) is 7.53. The monoisotopic (exact) mass is 477 g/mol. The van der Waals surface area contributed by atoms with E-state index in [1.165, 1.54) is 6.07 Å². The molecule has 2 aromatic rings. The zero-order valence-electron chi connectivity index (χ0n) is 24.5. The first kappa shape index (κ1) is 18.9. The quantitative estimate of drug-likeness (QED) is 0.291. The molecule has 0 atom stereocenters. The van der Waals surface area contributed by atoms with Crippen molar-refractivity contribution in [3.05, 3.63) is 69.8 Å². The predicted molar refractivity (Wildman–Crippen MR) is 130 cm³/mol. The molecule has 184 valence electrons. The average molecular weight is 478 g/mol. The van der Waals surface area contributed by atoms with Crippen LogP contribution >= 0.6 is 0 Å². The maximum atomic E-state index is 13.9. The van der Waals surface area contributed by atoms with Crippen LogP contribution in [0.15, 0.2) is 41.6 Å². The van der Waals surface area contributed by atoms with E-state index in [2.05, 4.69) is 10.1 Å². The third kappa shape index (κ3) is 6.01.